The Bertz CT molecular complexity index is 1450. The maximum atomic E-state index is 3.84. The van der Waals surface area contributed by atoms with Crippen molar-refractivity contribution < 1.29 is 0 Å². The van der Waals surface area contributed by atoms with E-state index < -0.39 is 0 Å². The van der Waals surface area contributed by atoms with Gasteiger partial charge in [0, 0.05) is 16.9 Å². The van der Waals surface area contributed by atoms with Crippen molar-refractivity contribution in [2.24, 2.45) is 0 Å². The zero-order chi connectivity index (χ0) is 27.0. The number of unbranched alkanes of at least 4 members (excludes halogenated alkanes) is 1. The zero-order valence-corrected chi connectivity index (χ0v) is 23.1. The molecule has 0 fully saturated rings. The molecule has 5 aromatic rings. The van der Waals surface area contributed by atoms with Gasteiger partial charge in [-0.05, 0) is 92.1 Å². The van der Waals surface area contributed by atoms with Gasteiger partial charge >= 0.3 is 0 Å². The van der Waals surface area contributed by atoms with Gasteiger partial charge in [-0.15, -0.1) is 0 Å². The van der Waals surface area contributed by atoms with Gasteiger partial charge in [0.05, 0.1) is 5.69 Å². The van der Waals surface area contributed by atoms with Gasteiger partial charge in [0.1, 0.15) is 0 Å². The minimum atomic E-state index is 1.10. The Kier molecular flexibility index (Phi) is 8.39. The summed E-state index contributed by atoms with van der Waals surface area (Å²) in [6, 6.07) is 44.2. The van der Waals surface area contributed by atoms with Crippen LogP contribution in [0.5, 0.6) is 0 Å². The molecule has 0 saturated heterocycles. The van der Waals surface area contributed by atoms with Crippen LogP contribution >= 0.6 is 0 Å². The second kappa shape index (κ2) is 12.5. The first-order valence-electron chi connectivity index (χ1n) is 13.9. The van der Waals surface area contributed by atoms with E-state index in [4.69, 9.17) is 0 Å². The predicted octanol–water partition coefficient (Wildman–Crippen LogP) is 10.6. The normalized spacial score (nSPS) is 10.8. The summed E-state index contributed by atoms with van der Waals surface area (Å²) in [7, 11) is 0. The lowest BCUT2D eigenvalue weighted by Crippen LogP contribution is -2.11. The maximum Gasteiger partial charge on any atom is 0.0540 e. The summed E-state index contributed by atoms with van der Waals surface area (Å²) in [4.78, 5) is 2.36. The molecule has 0 aliphatic carbocycles. The summed E-state index contributed by atoms with van der Waals surface area (Å²) in [5.41, 5.74) is 12.5. The molecule has 0 aliphatic rings. The van der Waals surface area contributed by atoms with E-state index in [1.807, 2.05) is 6.08 Å². The van der Waals surface area contributed by atoms with Crippen LogP contribution in [0.15, 0.2) is 128 Å². The van der Waals surface area contributed by atoms with Gasteiger partial charge in [-0.2, -0.15) is 0 Å². The third-order valence-corrected chi connectivity index (χ3v) is 7.39. The first kappa shape index (κ1) is 26.3. The molecule has 0 unspecified atom stereocenters. The lowest BCUT2D eigenvalue weighted by atomic mass is 9.98. The molecule has 0 radical (unpaired) electrons. The monoisotopic (exact) mass is 507 g/mol. The molecule has 0 heterocycles. The van der Waals surface area contributed by atoms with Crippen LogP contribution in [-0.4, -0.2) is 0 Å². The molecule has 0 saturated carbocycles. The molecule has 0 aromatic heterocycles. The van der Waals surface area contributed by atoms with E-state index in [2.05, 4.69) is 147 Å². The summed E-state index contributed by atoms with van der Waals surface area (Å²) >= 11 is 0. The van der Waals surface area contributed by atoms with E-state index in [9.17, 15) is 0 Å². The largest absolute Gasteiger partial charge is 0.310 e. The highest BCUT2D eigenvalue weighted by Crippen LogP contribution is 2.40. The van der Waals surface area contributed by atoms with Crippen LogP contribution in [0.2, 0.25) is 0 Å². The zero-order valence-electron chi connectivity index (χ0n) is 23.1. The van der Waals surface area contributed by atoms with Crippen molar-refractivity contribution in [3.05, 3.63) is 156 Å². The average molecular weight is 508 g/mol. The third-order valence-electron chi connectivity index (χ3n) is 7.39. The Morgan fingerprint density at radius 3 is 1.56 bits per heavy atom. The van der Waals surface area contributed by atoms with Gasteiger partial charge < -0.3 is 4.90 Å². The summed E-state index contributed by atoms with van der Waals surface area (Å²) in [6.45, 7) is 8.11. The fraction of sp³-hybridized carbons (Fsp3) is 0.158. The van der Waals surface area contributed by atoms with E-state index >= 15 is 0 Å². The minimum absolute atomic E-state index is 1.10. The molecule has 5 rings (SSSR count). The predicted molar refractivity (Wildman–Crippen MR) is 169 cm³/mol. The molecule has 1 nitrogen and oxygen atoms in total. The Balaban J connectivity index is 1.34. The Hall–Kier alpha value is -4.36. The SMILES string of the molecule is C=Cc1ccc(CCCCc2ccc(-c3ccccc3N(c3ccc(C)cc3)c3ccc(C)cc3)cc2)cc1. The number of hydrogen-bond donors (Lipinski definition) is 0. The fourth-order valence-electron chi connectivity index (χ4n) is 5.06. The number of rotatable bonds is 10. The highest BCUT2D eigenvalue weighted by atomic mass is 15.1. The van der Waals surface area contributed by atoms with E-state index in [1.54, 1.807) is 0 Å². The van der Waals surface area contributed by atoms with Gasteiger partial charge in [0.2, 0.25) is 0 Å². The van der Waals surface area contributed by atoms with Crippen molar-refractivity contribution in [3.63, 3.8) is 0 Å². The molecule has 0 atom stereocenters. The van der Waals surface area contributed by atoms with Gasteiger partial charge in [-0.3, -0.25) is 0 Å². The highest BCUT2D eigenvalue weighted by molar-refractivity contribution is 5.88. The lowest BCUT2D eigenvalue weighted by molar-refractivity contribution is 0.734. The topological polar surface area (TPSA) is 3.24 Å². The molecule has 0 amide bonds. The number of anilines is 3. The molecule has 0 bridgehead atoms. The average Bonchev–Trinajstić information content (AvgIpc) is 2.98. The van der Waals surface area contributed by atoms with Crippen LogP contribution in [0.4, 0.5) is 17.1 Å². The standard InChI is InChI=1S/C38H37N/c1-4-31-17-19-32(20-18-31)9-5-6-10-33-21-23-34(24-22-33)37-11-7-8-12-38(37)39(35-25-13-29(2)14-26-35)36-27-15-30(3)16-28-36/h4,7-8,11-28H,1,5-6,9-10H2,2-3H3. The number of aryl methyl sites for hydroxylation is 4. The van der Waals surface area contributed by atoms with E-state index in [1.165, 1.54) is 57.5 Å². The molecule has 0 N–H and O–H groups in total. The second-order valence-corrected chi connectivity index (χ2v) is 10.4. The Morgan fingerprint density at radius 1 is 0.564 bits per heavy atom. The molecule has 0 spiro atoms. The van der Waals surface area contributed by atoms with Gasteiger partial charge in [-0.25, -0.2) is 0 Å². The Morgan fingerprint density at radius 2 is 1.05 bits per heavy atom. The van der Waals surface area contributed by atoms with Crippen molar-refractivity contribution in [2.45, 2.75) is 39.5 Å². The van der Waals surface area contributed by atoms with Crippen LogP contribution in [0, 0.1) is 13.8 Å². The summed E-state index contributed by atoms with van der Waals surface area (Å²) < 4.78 is 0. The van der Waals surface area contributed by atoms with E-state index in [-0.39, 0.29) is 0 Å². The first-order valence-corrected chi connectivity index (χ1v) is 13.9. The molecule has 0 aliphatic heterocycles. The summed E-state index contributed by atoms with van der Waals surface area (Å²) in [6.07, 6.45) is 6.50. The molecular weight excluding hydrogens is 470 g/mol. The van der Waals surface area contributed by atoms with Crippen LogP contribution < -0.4 is 4.90 Å². The smallest absolute Gasteiger partial charge is 0.0540 e. The van der Waals surface area contributed by atoms with Crippen LogP contribution in [0.3, 0.4) is 0 Å². The van der Waals surface area contributed by atoms with Gasteiger partial charge in [0.15, 0.2) is 0 Å². The van der Waals surface area contributed by atoms with Crippen LogP contribution in [-0.2, 0) is 12.8 Å². The number of hydrogen-bond acceptors (Lipinski definition) is 1. The van der Waals surface area contributed by atoms with E-state index in [0.29, 0.717) is 0 Å². The molecule has 1 heteroatoms. The molecule has 194 valence electrons. The second-order valence-electron chi connectivity index (χ2n) is 10.4. The van der Waals surface area contributed by atoms with Crippen LogP contribution in [0.1, 0.15) is 40.7 Å². The first-order chi connectivity index (χ1) is 19.1. The van der Waals surface area contributed by atoms with E-state index in [0.717, 1.165) is 24.2 Å². The van der Waals surface area contributed by atoms with Crippen molar-refractivity contribution in [3.8, 4) is 11.1 Å². The third kappa shape index (κ3) is 6.56. The van der Waals surface area contributed by atoms with Gasteiger partial charge in [-0.1, -0.05) is 115 Å². The maximum absolute atomic E-state index is 3.84. The summed E-state index contributed by atoms with van der Waals surface area (Å²) in [5, 5.41) is 0. The van der Waals surface area contributed by atoms with Crippen molar-refractivity contribution in [1.29, 1.82) is 0 Å². The number of benzene rings is 5. The van der Waals surface area contributed by atoms with Gasteiger partial charge in [0.25, 0.3) is 0 Å². The number of nitrogens with zero attached hydrogens (tertiary/aromatic N) is 1. The molecule has 5 aromatic carbocycles. The molecular formula is C38H37N. The summed E-state index contributed by atoms with van der Waals surface area (Å²) in [5.74, 6) is 0. The minimum Gasteiger partial charge on any atom is -0.310 e. The quantitative estimate of drug-likeness (QED) is 0.170. The van der Waals surface area contributed by atoms with Crippen molar-refractivity contribution >= 4 is 23.1 Å². The van der Waals surface area contributed by atoms with Crippen LogP contribution in [0.25, 0.3) is 17.2 Å². The molecule has 39 heavy (non-hydrogen) atoms. The van der Waals surface area contributed by atoms with Crippen molar-refractivity contribution in [2.75, 3.05) is 4.90 Å². The Labute approximate surface area is 234 Å². The fourth-order valence-corrected chi connectivity index (χ4v) is 5.06. The number of para-hydroxylation sites is 1. The lowest BCUT2D eigenvalue weighted by Gasteiger charge is -2.28. The highest BCUT2D eigenvalue weighted by Gasteiger charge is 2.16. The van der Waals surface area contributed by atoms with Crippen molar-refractivity contribution in [1.82, 2.24) is 0 Å².